The van der Waals surface area contributed by atoms with Gasteiger partial charge >= 0.3 is 0 Å². The number of halogens is 1. The normalized spacial score (nSPS) is 10.5. The first-order valence-corrected chi connectivity index (χ1v) is 9.41. The number of nitrogens with two attached hydrogens (primary N) is 1. The molecule has 3 rings (SSSR count). The summed E-state index contributed by atoms with van der Waals surface area (Å²) in [5.41, 5.74) is 10.4. The molecule has 0 aliphatic rings. The molecule has 1 heterocycles. The highest BCUT2D eigenvalue weighted by atomic mass is 35.5. The molecule has 0 amide bonds. The Labute approximate surface area is 162 Å². The van der Waals surface area contributed by atoms with E-state index in [1.807, 2.05) is 30.3 Å². The van der Waals surface area contributed by atoms with Crippen LogP contribution in [0.3, 0.4) is 0 Å². The molecule has 0 spiro atoms. The second-order valence-corrected chi connectivity index (χ2v) is 7.28. The maximum absolute atomic E-state index is 9.41. The first-order valence-electron chi connectivity index (χ1n) is 8.04. The van der Waals surface area contributed by atoms with Crippen LogP contribution in [0.1, 0.15) is 27.9 Å². The van der Waals surface area contributed by atoms with E-state index in [2.05, 4.69) is 41.2 Å². The quantitative estimate of drug-likeness (QED) is 0.509. The van der Waals surface area contributed by atoms with E-state index in [4.69, 9.17) is 17.3 Å². The van der Waals surface area contributed by atoms with Gasteiger partial charge in [0.1, 0.15) is 17.5 Å². The lowest BCUT2D eigenvalue weighted by molar-refractivity contribution is 0.902. The molecule has 1 aromatic heterocycles. The summed E-state index contributed by atoms with van der Waals surface area (Å²) in [5.74, 6) is 0.964. The monoisotopic (exact) mass is 380 g/mol. The molecule has 26 heavy (non-hydrogen) atoms. The van der Waals surface area contributed by atoms with Crippen LogP contribution in [0.2, 0.25) is 5.02 Å². The first-order chi connectivity index (χ1) is 12.5. The average Bonchev–Trinajstić information content (AvgIpc) is 2.62. The molecule has 2 N–H and O–H groups in total. The highest BCUT2D eigenvalue weighted by Crippen LogP contribution is 2.25. The molecular weight excluding hydrogens is 364 g/mol. The number of nitrogen functional groups attached to an aromatic ring is 1. The maximum atomic E-state index is 9.41. The van der Waals surface area contributed by atoms with E-state index in [1.165, 1.54) is 22.9 Å². The SMILES string of the molecule is Cc1cccc(CSc2nc(N)c(C#N)c(Cc3ccc(Cl)cc3)n2)c1. The molecule has 0 saturated carbocycles. The summed E-state index contributed by atoms with van der Waals surface area (Å²) >= 11 is 7.44. The van der Waals surface area contributed by atoms with Crippen molar-refractivity contribution in [1.29, 1.82) is 5.26 Å². The Hall–Kier alpha value is -2.55. The number of benzene rings is 2. The fourth-order valence-corrected chi connectivity index (χ4v) is 3.50. The molecule has 0 radical (unpaired) electrons. The van der Waals surface area contributed by atoms with Crippen LogP contribution in [-0.4, -0.2) is 9.97 Å². The zero-order chi connectivity index (χ0) is 18.5. The van der Waals surface area contributed by atoms with Crippen molar-refractivity contribution < 1.29 is 0 Å². The second-order valence-electron chi connectivity index (χ2n) is 5.91. The number of aryl methyl sites for hydroxylation is 1. The van der Waals surface area contributed by atoms with Crippen LogP contribution in [0.25, 0.3) is 0 Å². The zero-order valence-corrected chi connectivity index (χ0v) is 15.8. The topological polar surface area (TPSA) is 75.6 Å². The molecule has 0 aliphatic carbocycles. The Morgan fingerprint density at radius 1 is 1.12 bits per heavy atom. The average molecular weight is 381 g/mol. The second kappa shape index (κ2) is 8.22. The van der Waals surface area contributed by atoms with Gasteiger partial charge in [-0.05, 0) is 30.2 Å². The molecule has 130 valence electrons. The molecule has 6 heteroatoms. The van der Waals surface area contributed by atoms with Gasteiger partial charge in [-0.15, -0.1) is 0 Å². The Morgan fingerprint density at radius 2 is 1.88 bits per heavy atom. The summed E-state index contributed by atoms with van der Waals surface area (Å²) < 4.78 is 0. The lowest BCUT2D eigenvalue weighted by Crippen LogP contribution is -2.06. The molecule has 4 nitrogen and oxygen atoms in total. The highest BCUT2D eigenvalue weighted by Gasteiger charge is 2.13. The van der Waals surface area contributed by atoms with Gasteiger partial charge in [-0.1, -0.05) is 65.3 Å². The third kappa shape index (κ3) is 4.54. The summed E-state index contributed by atoms with van der Waals surface area (Å²) in [4.78, 5) is 8.86. The number of nitrogens with zero attached hydrogens (tertiary/aromatic N) is 3. The lowest BCUT2D eigenvalue weighted by Gasteiger charge is -2.09. The summed E-state index contributed by atoms with van der Waals surface area (Å²) in [7, 11) is 0. The van der Waals surface area contributed by atoms with Crippen molar-refractivity contribution >= 4 is 29.2 Å². The van der Waals surface area contributed by atoms with Crippen molar-refractivity contribution in [1.82, 2.24) is 9.97 Å². The van der Waals surface area contributed by atoms with Gasteiger partial charge in [-0.25, -0.2) is 9.97 Å². The van der Waals surface area contributed by atoms with Gasteiger partial charge < -0.3 is 5.73 Å². The minimum Gasteiger partial charge on any atom is -0.382 e. The highest BCUT2D eigenvalue weighted by molar-refractivity contribution is 7.98. The van der Waals surface area contributed by atoms with Crippen molar-refractivity contribution in [2.24, 2.45) is 0 Å². The lowest BCUT2D eigenvalue weighted by atomic mass is 10.1. The standard InChI is InChI=1S/C20H17ClN4S/c1-13-3-2-4-15(9-13)12-26-20-24-18(17(11-22)19(23)25-20)10-14-5-7-16(21)8-6-14/h2-9H,10,12H2,1H3,(H2,23,24,25). The van der Waals surface area contributed by atoms with Crippen molar-refractivity contribution in [2.45, 2.75) is 24.3 Å². The fraction of sp³-hybridized carbons (Fsp3) is 0.150. The Morgan fingerprint density at radius 3 is 2.58 bits per heavy atom. The van der Waals surface area contributed by atoms with Crippen LogP contribution in [0.4, 0.5) is 5.82 Å². The number of aromatic nitrogens is 2. The maximum Gasteiger partial charge on any atom is 0.190 e. The van der Waals surface area contributed by atoms with Crippen molar-refractivity contribution in [3.05, 3.63) is 81.5 Å². The Kier molecular flexibility index (Phi) is 5.77. The van der Waals surface area contributed by atoms with Crippen LogP contribution in [0, 0.1) is 18.3 Å². The van der Waals surface area contributed by atoms with E-state index in [9.17, 15) is 5.26 Å². The summed E-state index contributed by atoms with van der Waals surface area (Å²) in [6, 6.07) is 17.9. The van der Waals surface area contributed by atoms with Gasteiger partial charge in [0.15, 0.2) is 5.16 Å². The molecule has 0 saturated heterocycles. The van der Waals surface area contributed by atoms with E-state index in [0.29, 0.717) is 27.9 Å². The van der Waals surface area contributed by atoms with Gasteiger partial charge in [0.25, 0.3) is 0 Å². The fourth-order valence-electron chi connectivity index (χ4n) is 2.56. The number of hydrogen-bond donors (Lipinski definition) is 1. The third-order valence-electron chi connectivity index (χ3n) is 3.84. The predicted molar refractivity (Wildman–Crippen MR) is 106 cm³/mol. The largest absolute Gasteiger partial charge is 0.382 e. The minimum absolute atomic E-state index is 0.221. The summed E-state index contributed by atoms with van der Waals surface area (Å²) in [6.45, 7) is 2.06. The molecule has 0 fully saturated rings. The van der Waals surface area contributed by atoms with Crippen LogP contribution in [0.15, 0.2) is 53.7 Å². The number of anilines is 1. The number of hydrogen-bond acceptors (Lipinski definition) is 5. The smallest absolute Gasteiger partial charge is 0.190 e. The van der Waals surface area contributed by atoms with Gasteiger partial charge in [0, 0.05) is 17.2 Å². The molecule has 0 aliphatic heterocycles. The Balaban J connectivity index is 1.84. The van der Waals surface area contributed by atoms with E-state index < -0.39 is 0 Å². The Bertz CT molecular complexity index is 965. The summed E-state index contributed by atoms with van der Waals surface area (Å²) in [6.07, 6.45) is 0.505. The molecule has 0 unspecified atom stereocenters. The van der Waals surface area contributed by atoms with Gasteiger partial charge in [0.05, 0.1) is 5.69 Å². The zero-order valence-electron chi connectivity index (χ0n) is 14.2. The van der Waals surface area contributed by atoms with Crippen LogP contribution in [0.5, 0.6) is 0 Å². The van der Waals surface area contributed by atoms with E-state index in [-0.39, 0.29) is 5.82 Å². The molecule has 0 bridgehead atoms. The third-order valence-corrected chi connectivity index (χ3v) is 5.01. The van der Waals surface area contributed by atoms with Crippen molar-refractivity contribution in [3.8, 4) is 6.07 Å². The molecule has 2 aromatic carbocycles. The predicted octanol–water partition coefficient (Wildman–Crippen LogP) is 4.78. The van der Waals surface area contributed by atoms with Crippen LogP contribution >= 0.6 is 23.4 Å². The minimum atomic E-state index is 0.221. The van der Waals surface area contributed by atoms with Gasteiger partial charge in [-0.3, -0.25) is 0 Å². The van der Waals surface area contributed by atoms with Crippen molar-refractivity contribution in [2.75, 3.05) is 5.73 Å². The number of nitriles is 1. The van der Waals surface area contributed by atoms with Gasteiger partial charge in [0.2, 0.25) is 0 Å². The van der Waals surface area contributed by atoms with Gasteiger partial charge in [-0.2, -0.15) is 5.26 Å². The van der Waals surface area contributed by atoms with E-state index in [0.717, 1.165) is 11.3 Å². The number of rotatable bonds is 5. The van der Waals surface area contributed by atoms with E-state index in [1.54, 1.807) is 0 Å². The molecule has 0 atom stereocenters. The number of thioether (sulfide) groups is 1. The molecule has 3 aromatic rings. The molecular formula is C20H17ClN4S. The van der Waals surface area contributed by atoms with E-state index >= 15 is 0 Å². The van der Waals surface area contributed by atoms with Crippen LogP contribution < -0.4 is 5.73 Å². The van der Waals surface area contributed by atoms with Crippen LogP contribution in [-0.2, 0) is 12.2 Å². The first kappa shape index (κ1) is 18.2. The van der Waals surface area contributed by atoms with Crippen molar-refractivity contribution in [3.63, 3.8) is 0 Å². The summed E-state index contributed by atoms with van der Waals surface area (Å²) in [5, 5.41) is 10.7.